The Morgan fingerprint density at radius 3 is 2.71 bits per heavy atom. The zero-order valence-electron chi connectivity index (χ0n) is 9.64. The van der Waals surface area contributed by atoms with Gasteiger partial charge in [0.05, 0.1) is 4.47 Å². The average Bonchev–Trinajstić information content (AvgIpc) is 2.20. The summed E-state index contributed by atoms with van der Waals surface area (Å²) in [7, 11) is 0. The van der Waals surface area contributed by atoms with Crippen LogP contribution in [0.2, 0.25) is 0 Å². The van der Waals surface area contributed by atoms with Gasteiger partial charge in [0.1, 0.15) is 5.82 Å². The van der Waals surface area contributed by atoms with E-state index in [4.69, 9.17) is 11.6 Å². The maximum Gasteiger partial charge on any atom is 0.251 e. The van der Waals surface area contributed by atoms with Crippen LogP contribution in [0.5, 0.6) is 0 Å². The molecule has 0 aliphatic carbocycles. The molecule has 1 amide bonds. The fourth-order valence-corrected chi connectivity index (χ4v) is 2.00. The van der Waals surface area contributed by atoms with E-state index in [2.05, 4.69) is 21.2 Å². The second-order valence-corrected chi connectivity index (χ2v) is 5.62. The third-order valence-corrected chi connectivity index (χ3v) is 3.06. The van der Waals surface area contributed by atoms with Crippen molar-refractivity contribution in [2.24, 2.45) is 0 Å². The molecule has 0 aliphatic heterocycles. The van der Waals surface area contributed by atoms with Crippen molar-refractivity contribution in [3.05, 3.63) is 34.1 Å². The molecule has 0 aliphatic rings. The van der Waals surface area contributed by atoms with E-state index in [9.17, 15) is 9.18 Å². The van der Waals surface area contributed by atoms with Gasteiger partial charge in [-0.25, -0.2) is 4.39 Å². The lowest BCUT2D eigenvalue weighted by Crippen LogP contribution is -2.33. The Morgan fingerprint density at radius 2 is 2.18 bits per heavy atom. The van der Waals surface area contributed by atoms with E-state index in [-0.39, 0.29) is 17.3 Å². The van der Waals surface area contributed by atoms with E-state index in [1.165, 1.54) is 12.1 Å². The maximum absolute atomic E-state index is 13.2. The molecule has 0 saturated heterocycles. The summed E-state index contributed by atoms with van der Waals surface area (Å²) in [5.74, 6) is -0.739. The highest BCUT2D eigenvalue weighted by molar-refractivity contribution is 9.10. The molecule has 0 fully saturated rings. The summed E-state index contributed by atoms with van der Waals surface area (Å²) in [6, 6.07) is 4.25. The molecule has 1 aromatic carbocycles. The fourth-order valence-electron chi connectivity index (χ4n) is 1.49. The fraction of sp³-hybridized carbons (Fsp3) is 0.417. The zero-order chi connectivity index (χ0) is 13.0. The Hall–Kier alpha value is -0.610. The lowest BCUT2D eigenvalue weighted by atomic mass is 10.1. The first-order valence-electron chi connectivity index (χ1n) is 5.30. The van der Waals surface area contributed by atoms with E-state index in [1.54, 1.807) is 6.07 Å². The van der Waals surface area contributed by atoms with Gasteiger partial charge in [-0.1, -0.05) is 0 Å². The number of rotatable bonds is 4. The van der Waals surface area contributed by atoms with E-state index in [0.717, 1.165) is 0 Å². The number of halogens is 3. The van der Waals surface area contributed by atoms with E-state index in [1.807, 2.05) is 13.8 Å². The number of amides is 1. The molecule has 5 heteroatoms. The van der Waals surface area contributed by atoms with Crippen LogP contribution in [-0.2, 0) is 0 Å². The lowest BCUT2D eigenvalue weighted by molar-refractivity contribution is 0.0938. The van der Waals surface area contributed by atoms with E-state index in [0.29, 0.717) is 16.5 Å². The van der Waals surface area contributed by atoms with Crippen molar-refractivity contribution in [1.29, 1.82) is 0 Å². The number of hydrogen-bond acceptors (Lipinski definition) is 1. The molecule has 0 heterocycles. The smallest absolute Gasteiger partial charge is 0.251 e. The molecular weight excluding hydrogens is 308 g/mol. The average molecular weight is 323 g/mol. The molecule has 0 spiro atoms. The molecule has 0 saturated carbocycles. The van der Waals surface area contributed by atoms with Crippen molar-refractivity contribution in [3.63, 3.8) is 0 Å². The molecule has 1 N–H and O–H groups in total. The van der Waals surface area contributed by atoms with E-state index >= 15 is 0 Å². The lowest BCUT2D eigenvalue weighted by Gasteiger charge is -2.15. The number of nitrogens with one attached hydrogen (secondary N) is 1. The van der Waals surface area contributed by atoms with Crippen molar-refractivity contribution < 1.29 is 9.18 Å². The van der Waals surface area contributed by atoms with Gasteiger partial charge in [0.25, 0.3) is 5.91 Å². The molecule has 0 bridgehead atoms. The first-order chi connectivity index (χ1) is 7.90. The van der Waals surface area contributed by atoms with Crippen molar-refractivity contribution in [2.45, 2.75) is 31.7 Å². The van der Waals surface area contributed by atoms with Gasteiger partial charge >= 0.3 is 0 Å². The Morgan fingerprint density at radius 1 is 1.53 bits per heavy atom. The quantitative estimate of drug-likeness (QED) is 0.841. The largest absolute Gasteiger partial charge is 0.350 e. The predicted molar refractivity (Wildman–Crippen MR) is 71.0 cm³/mol. The van der Waals surface area contributed by atoms with Crippen LogP contribution in [0.3, 0.4) is 0 Å². The first kappa shape index (κ1) is 14.5. The summed E-state index contributed by atoms with van der Waals surface area (Å²) in [6.07, 6.45) is 0.673. The summed E-state index contributed by atoms with van der Waals surface area (Å²) < 4.78 is 13.6. The molecule has 94 valence electrons. The summed E-state index contributed by atoms with van der Waals surface area (Å²) in [5.41, 5.74) is 0.305. The SMILES string of the molecule is CC(Cl)CC(C)NC(=O)c1ccc(Br)c(F)c1. The second kappa shape index (κ2) is 6.36. The molecule has 2 unspecified atom stereocenters. The Kier molecular flexibility index (Phi) is 5.40. The van der Waals surface area contributed by atoms with Crippen molar-refractivity contribution in [2.75, 3.05) is 0 Å². The van der Waals surface area contributed by atoms with Crippen molar-refractivity contribution >= 4 is 33.4 Å². The summed E-state index contributed by atoms with van der Waals surface area (Å²) in [5, 5.41) is 2.76. The normalized spacial score (nSPS) is 14.2. The van der Waals surface area contributed by atoms with Gasteiger partial charge in [-0.3, -0.25) is 4.79 Å². The van der Waals surface area contributed by atoms with Crippen LogP contribution in [0.4, 0.5) is 4.39 Å². The van der Waals surface area contributed by atoms with Crippen LogP contribution in [0.1, 0.15) is 30.6 Å². The number of carbonyl (C=O) groups excluding carboxylic acids is 1. The van der Waals surface area contributed by atoms with E-state index < -0.39 is 5.82 Å². The first-order valence-corrected chi connectivity index (χ1v) is 6.53. The maximum atomic E-state index is 13.2. The van der Waals surface area contributed by atoms with Gasteiger partial charge in [0.15, 0.2) is 0 Å². The topological polar surface area (TPSA) is 29.1 Å². The number of benzene rings is 1. The van der Waals surface area contributed by atoms with Gasteiger partial charge in [-0.15, -0.1) is 11.6 Å². The molecule has 2 atom stereocenters. The Labute approximate surface area is 114 Å². The molecule has 17 heavy (non-hydrogen) atoms. The van der Waals surface area contributed by atoms with Gasteiger partial charge in [0.2, 0.25) is 0 Å². The molecular formula is C12H14BrClFNO. The number of carbonyl (C=O) groups is 1. The molecule has 1 aromatic rings. The summed E-state index contributed by atoms with van der Waals surface area (Å²) in [6.45, 7) is 3.73. The van der Waals surface area contributed by atoms with Crippen molar-refractivity contribution in [1.82, 2.24) is 5.32 Å². The van der Waals surface area contributed by atoms with Crippen LogP contribution in [-0.4, -0.2) is 17.3 Å². The Bertz CT molecular complexity index is 411. The minimum atomic E-state index is -0.448. The summed E-state index contributed by atoms with van der Waals surface area (Å²) in [4.78, 5) is 11.8. The predicted octanol–water partition coefficient (Wildman–Crippen LogP) is 3.72. The number of alkyl halides is 1. The zero-order valence-corrected chi connectivity index (χ0v) is 12.0. The minimum absolute atomic E-state index is 0.00745. The third kappa shape index (κ3) is 4.64. The molecule has 0 radical (unpaired) electrons. The molecule has 2 nitrogen and oxygen atoms in total. The number of hydrogen-bond donors (Lipinski definition) is 1. The highest BCUT2D eigenvalue weighted by atomic mass is 79.9. The van der Waals surface area contributed by atoms with Crippen LogP contribution in [0, 0.1) is 5.82 Å². The van der Waals surface area contributed by atoms with Crippen LogP contribution < -0.4 is 5.32 Å². The standard InChI is InChI=1S/C12H14BrClFNO/c1-7(14)5-8(2)16-12(17)9-3-4-10(13)11(15)6-9/h3-4,6-8H,5H2,1-2H3,(H,16,17). The van der Waals surface area contributed by atoms with Crippen LogP contribution >= 0.6 is 27.5 Å². The van der Waals surface area contributed by atoms with Gasteiger partial charge in [-0.05, 0) is 54.4 Å². The van der Waals surface area contributed by atoms with Crippen molar-refractivity contribution in [3.8, 4) is 0 Å². The Balaban J connectivity index is 2.66. The van der Waals surface area contributed by atoms with Crippen LogP contribution in [0.25, 0.3) is 0 Å². The van der Waals surface area contributed by atoms with Crippen LogP contribution in [0.15, 0.2) is 22.7 Å². The minimum Gasteiger partial charge on any atom is -0.350 e. The molecule has 1 rings (SSSR count). The van der Waals surface area contributed by atoms with Gasteiger partial charge in [-0.2, -0.15) is 0 Å². The van der Waals surface area contributed by atoms with Gasteiger partial charge < -0.3 is 5.32 Å². The second-order valence-electron chi connectivity index (χ2n) is 4.02. The third-order valence-electron chi connectivity index (χ3n) is 2.24. The summed E-state index contributed by atoms with van der Waals surface area (Å²) >= 11 is 8.87. The highest BCUT2D eigenvalue weighted by Crippen LogP contribution is 2.16. The highest BCUT2D eigenvalue weighted by Gasteiger charge is 2.13. The molecule has 0 aromatic heterocycles. The monoisotopic (exact) mass is 321 g/mol. The van der Waals surface area contributed by atoms with Gasteiger partial charge in [0, 0.05) is 17.0 Å².